The molecule has 0 aromatic heterocycles. The molecule has 0 saturated carbocycles. The van der Waals surface area contributed by atoms with Crippen molar-refractivity contribution in [2.24, 2.45) is 11.1 Å². The minimum absolute atomic E-state index is 0.133. The standard InChI is InChI=1S/C13H16ClF3N2O/c1-3-12(2,7-18)11(20)19-10-5-4-8(6-9(10)14)13(15,16)17/h4-6H,3,7,18H2,1-2H3,(H,19,20). The van der Waals surface area contributed by atoms with Gasteiger partial charge in [0.15, 0.2) is 0 Å². The first-order valence-electron chi connectivity index (χ1n) is 6.02. The Balaban J connectivity index is 2.98. The molecule has 0 aliphatic rings. The highest BCUT2D eigenvalue weighted by atomic mass is 35.5. The van der Waals surface area contributed by atoms with Gasteiger partial charge in [-0.05, 0) is 31.5 Å². The van der Waals surface area contributed by atoms with Crippen LogP contribution < -0.4 is 11.1 Å². The molecular formula is C13H16ClF3N2O. The number of carbonyl (C=O) groups is 1. The summed E-state index contributed by atoms with van der Waals surface area (Å²) in [5.41, 5.74) is 4.04. The Labute approximate surface area is 120 Å². The van der Waals surface area contributed by atoms with Crippen LogP contribution in [0.1, 0.15) is 25.8 Å². The zero-order valence-corrected chi connectivity index (χ0v) is 11.9. The topological polar surface area (TPSA) is 55.1 Å². The van der Waals surface area contributed by atoms with E-state index in [0.29, 0.717) is 6.42 Å². The Bertz CT molecular complexity index is 499. The number of benzene rings is 1. The molecule has 3 N–H and O–H groups in total. The molecule has 0 fully saturated rings. The summed E-state index contributed by atoms with van der Waals surface area (Å²) in [6.45, 7) is 3.62. The monoisotopic (exact) mass is 308 g/mol. The van der Waals surface area contributed by atoms with Gasteiger partial charge in [-0.3, -0.25) is 4.79 Å². The van der Waals surface area contributed by atoms with Crippen molar-refractivity contribution in [1.82, 2.24) is 0 Å². The lowest BCUT2D eigenvalue weighted by Crippen LogP contribution is -2.39. The van der Waals surface area contributed by atoms with Crippen LogP contribution in [-0.4, -0.2) is 12.5 Å². The van der Waals surface area contributed by atoms with Crippen LogP contribution in [0.4, 0.5) is 18.9 Å². The van der Waals surface area contributed by atoms with Gasteiger partial charge < -0.3 is 11.1 Å². The summed E-state index contributed by atoms with van der Waals surface area (Å²) in [4.78, 5) is 12.1. The zero-order valence-electron chi connectivity index (χ0n) is 11.1. The van der Waals surface area contributed by atoms with E-state index in [9.17, 15) is 18.0 Å². The minimum Gasteiger partial charge on any atom is -0.329 e. The molecule has 1 aromatic rings. The number of alkyl halides is 3. The van der Waals surface area contributed by atoms with Crippen molar-refractivity contribution in [1.29, 1.82) is 0 Å². The Morgan fingerprint density at radius 3 is 2.40 bits per heavy atom. The smallest absolute Gasteiger partial charge is 0.329 e. The molecular weight excluding hydrogens is 293 g/mol. The first-order valence-corrected chi connectivity index (χ1v) is 6.40. The molecule has 0 spiro atoms. The van der Waals surface area contributed by atoms with Crippen LogP contribution in [0.15, 0.2) is 18.2 Å². The molecule has 3 nitrogen and oxygen atoms in total. The lowest BCUT2D eigenvalue weighted by Gasteiger charge is -2.25. The predicted molar refractivity (Wildman–Crippen MR) is 72.5 cm³/mol. The maximum atomic E-state index is 12.5. The Hall–Kier alpha value is -1.27. The number of nitrogens with one attached hydrogen (secondary N) is 1. The quantitative estimate of drug-likeness (QED) is 0.891. The Kier molecular flexibility index (Phi) is 5.05. The van der Waals surface area contributed by atoms with E-state index in [0.717, 1.165) is 18.2 Å². The molecule has 0 heterocycles. The fraction of sp³-hybridized carbons (Fsp3) is 0.462. The van der Waals surface area contributed by atoms with Gasteiger partial charge in [0.25, 0.3) is 0 Å². The van der Waals surface area contributed by atoms with Gasteiger partial charge in [0.2, 0.25) is 5.91 Å². The van der Waals surface area contributed by atoms with E-state index in [1.54, 1.807) is 13.8 Å². The molecule has 0 radical (unpaired) electrons. The summed E-state index contributed by atoms with van der Waals surface area (Å²) < 4.78 is 37.5. The van der Waals surface area contributed by atoms with Crippen molar-refractivity contribution in [3.63, 3.8) is 0 Å². The fourth-order valence-electron chi connectivity index (χ4n) is 1.46. The van der Waals surface area contributed by atoms with Crippen LogP contribution in [0.5, 0.6) is 0 Å². The fourth-order valence-corrected chi connectivity index (χ4v) is 1.69. The molecule has 7 heteroatoms. The van der Waals surface area contributed by atoms with Crippen LogP contribution in [0.2, 0.25) is 5.02 Å². The Morgan fingerprint density at radius 2 is 2.00 bits per heavy atom. The van der Waals surface area contributed by atoms with Gasteiger partial charge in [-0.2, -0.15) is 13.2 Å². The summed E-state index contributed by atoms with van der Waals surface area (Å²) in [5.74, 6) is -0.371. The molecule has 1 rings (SSSR count). The van der Waals surface area contributed by atoms with Gasteiger partial charge in [-0.1, -0.05) is 18.5 Å². The number of carbonyl (C=O) groups excluding carboxylic acids is 1. The first kappa shape index (κ1) is 16.8. The highest BCUT2D eigenvalue weighted by Crippen LogP contribution is 2.34. The lowest BCUT2D eigenvalue weighted by atomic mass is 9.86. The van der Waals surface area contributed by atoms with Gasteiger partial charge in [0, 0.05) is 6.54 Å². The summed E-state index contributed by atoms with van der Waals surface area (Å²) in [6, 6.07) is 2.78. The minimum atomic E-state index is -4.47. The van der Waals surface area contributed by atoms with E-state index < -0.39 is 17.2 Å². The molecule has 1 atom stereocenters. The van der Waals surface area contributed by atoms with Crippen molar-refractivity contribution >= 4 is 23.2 Å². The normalized spacial score (nSPS) is 14.8. The SMILES string of the molecule is CCC(C)(CN)C(=O)Nc1ccc(C(F)(F)F)cc1Cl. The van der Waals surface area contributed by atoms with E-state index in [4.69, 9.17) is 17.3 Å². The molecule has 0 aliphatic carbocycles. The van der Waals surface area contributed by atoms with Crippen LogP contribution in [0, 0.1) is 5.41 Å². The molecule has 1 amide bonds. The number of hydrogen-bond acceptors (Lipinski definition) is 2. The van der Waals surface area contributed by atoms with Crippen LogP contribution in [-0.2, 0) is 11.0 Å². The molecule has 112 valence electrons. The van der Waals surface area contributed by atoms with Crippen molar-refractivity contribution in [2.75, 3.05) is 11.9 Å². The third kappa shape index (κ3) is 3.64. The maximum Gasteiger partial charge on any atom is 0.416 e. The van der Waals surface area contributed by atoms with Crippen LogP contribution in [0.25, 0.3) is 0 Å². The molecule has 0 aliphatic heterocycles. The summed E-state index contributed by atoms with van der Waals surface area (Å²) in [6.07, 6.45) is -3.96. The maximum absolute atomic E-state index is 12.5. The predicted octanol–water partition coefficient (Wildman–Crippen LogP) is 3.67. The largest absolute Gasteiger partial charge is 0.416 e. The average Bonchev–Trinajstić information content (AvgIpc) is 2.38. The van der Waals surface area contributed by atoms with E-state index in [1.165, 1.54) is 0 Å². The number of amides is 1. The number of anilines is 1. The summed E-state index contributed by atoms with van der Waals surface area (Å²) in [5, 5.41) is 2.35. The molecule has 20 heavy (non-hydrogen) atoms. The van der Waals surface area contributed by atoms with E-state index in [-0.39, 0.29) is 23.2 Å². The highest BCUT2D eigenvalue weighted by Gasteiger charge is 2.32. The van der Waals surface area contributed by atoms with Gasteiger partial charge in [-0.25, -0.2) is 0 Å². The second kappa shape index (κ2) is 6.01. The second-order valence-corrected chi connectivity index (χ2v) is 5.17. The number of rotatable bonds is 4. The van der Waals surface area contributed by atoms with Gasteiger partial charge >= 0.3 is 6.18 Å². The van der Waals surface area contributed by atoms with Crippen molar-refractivity contribution in [3.05, 3.63) is 28.8 Å². The van der Waals surface area contributed by atoms with Crippen LogP contribution >= 0.6 is 11.6 Å². The van der Waals surface area contributed by atoms with E-state index in [2.05, 4.69) is 5.32 Å². The highest BCUT2D eigenvalue weighted by molar-refractivity contribution is 6.33. The van der Waals surface area contributed by atoms with Crippen molar-refractivity contribution in [3.8, 4) is 0 Å². The van der Waals surface area contributed by atoms with Crippen molar-refractivity contribution in [2.45, 2.75) is 26.4 Å². The molecule has 1 aromatic carbocycles. The van der Waals surface area contributed by atoms with E-state index in [1.807, 2.05) is 0 Å². The third-order valence-electron chi connectivity index (χ3n) is 3.32. The third-order valence-corrected chi connectivity index (χ3v) is 3.64. The molecule has 0 bridgehead atoms. The summed E-state index contributed by atoms with van der Waals surface area (Å²) in [7, 11) is 0. The number of hydrogen-bond donors (Lipinski definition) is 2. The van der Waals surface area contributed by atoms with Crippen LogP contribution in [0.3, 0.4) is 0 Å². The van der Waals surface area contributed by atoms with E-state index >= 15 is 0 Å². The average molecular weight is 309 g/mol. The lowest BCUT2D eigenvalue weighted by molar-refractivity contribution is -0.137. The second-order valence-electron chi connectivity index (χ2n) is 4.76. The number of halogens is 4. The molecule has 1 unspecified atom stereocenters. The summed E-state index contributed by atoms with van der Waals surface area (Å²) >= 11 is 5.77. The molecule has 0 saturated heterocycles. The van der Waals surface area contributed by atoms with Crippen molar-refractivity contribution < 1.29 is 18.0 Å². The van der Waals surface area contributed by atoms with Gasteiger partial charge in [0.1, 0.15) is 0 Å². The number of nitrogens with two attached hydrogens (primary N) is 1. The van der Waals surface area contributed by atoms with Gasteiger partial charge in [-0.15, -0.1) is 0 Å². The zero-order chi connectivity index (χ0) is 15.6. The van der Waals surface area contributed by atoms with Gasteiger partial charge in [0.05, 0.1) is 21.7 Å². The Morgan fingerprint density at radius 1 is 1.40 bits per heavy atom. The first-order chi connectivity index (χ1) is 9.14.